The van der Waals surface area contributed by atoms with Gasteiger partial charge in [0.1, 0.15) is 6.79 Å². The van der Waals surface area contributed by atoms with Gasteiger partial charge in [-0.25, -0.2) is 0 Å². The molecule has 1 rings (SSSR count). The second-order valence-electron chi connectivity index (χ2n) is 1.94. The number of rotatable bonds is 2. The number of ether oxygens (including phenoxy) is 3. The lowest BCUT2D eigenvalue weighted by Crippen LogP contribution is -2.24. The van der Waals surface area contributed by atoms with Crippen LogP contribution in [-0.4, -0.2) is 32.0 Å². The summed E-state index contributed by atoms with van der Waals surface area (Å²) in [5.41, 5.74) is 0. The predicted molar refractivity (Wildman–Crippen MR) is 35.0 cm³/mol. The quantitative estimate of drug-likeness (QED) is 0.451. The van der Waals surface area contributed by atoms with E-state index in [0.29, 0.717) is 13.2 Å². The Labute approximate surface area is 59.6 Å². The molecule has 0 aromatic heterocycles. The van der Waals surface area contributed by atoms with Gasteiger partial charge in [0.25, 0.3) is 0 Å². The van der Waals surface area contributed by atoms with Crippen LogP contribution in [0.5, 0.6) is 0 Å². The van der Waals surface area contributed by atoms with Gasteiger partial charge >= 0.3 is 0 Å². The van der Waals surface area contributed by atoms with Crippen LogP contribution < -0.4 is 0 Å². The maximum atomic E-state index is 7.26. The first-order valence-electron chi connectivity index (χ1n) is 3.25. The molecule has 0 amide bonds. The molecule has 1 saturated heterocycles. The molecule has 0 aromatic rings. The third-order valence-electron chi connectivity index (χ3n) is 1.21. The Kier molecular flexibility index (Phi) is 2.65. The summed E-state index contributed by atoms with van der Waals surface area (Å²) in [6.07, 6.45) is -0.278. The maximum Gasteiger partial charge on any atom is 0.213 e. The Morgan fingerprint density at radius 2 is 2.60 bits per heavy atom. The maximum absolute atomic E-state index is 7.26. The van der Waals surface area contributed by atoms with Gasteiger partial charge in [-0.1, -0.05) is 0 Å². The highest BCUT2D eigenvalue weighted by Crippen LogP contribution is 2.04. The van der Waals surface area contributed by atoms with Crippen LogP contribution in [0.2, 0.25) is 0 Å². The van der Waals surface area contributed by atoms with Crippen LogP contribution in [0, 0.1) is 5.41 Å². The minimum atomic E-state index is -0.278. The predicted octanol–water partition coefficient (Wildman–Crippen LogP) is 0.373. The summed E-state index contributed by atoms with van der Waals surface area (Å²) < 4.78 is 14.8. The molecule has 4 heteroatoms. The molecule has 1 aliphatic rings. The van der Waals surface area contributed by atoms with Crippen LogP contribution in [0.25, 0.3) is 0 Å². The highest BCUT2D eigenvalue weighted by Gasteiger charge is 2.21. The zero-order chi connectivity index (χ0) is 7.40. The van der Waals surface area contributed by atoms with Gasteiger partial charge in [-0.2, -0.15) is 0 Å². The summed E-state index contributed by atoms with van der Waals surface area (Å²) in [6, 6.07) is 0. The highest BCUT2D eigenvalue weighted by molar-refractivity contribution is 5.77. The molecule has 4 nitrogen and oxygen atoms in total. The van der Waals surface area contributed by atoms with Crippen molar-refractivity contribution in [1.82, 2.24) is 0 Å². The molecule has 1 aliphatic heterocycles. The standard InChI is InChI=1S/C6H11NO3/c1-2-9-6(7)5-3-8-4-10-5/h5,7H,2-4H2,1H3. The van der Waals surface area contributed by atoms with Crippen LogP contribution in [0.1, 0.15) is 6.92 Å². The van der Waals surface area contributed by atoms with Crippen molar-refractivity contribution in [1.29, 1.82) is 5.41 Å². The fraction of sp³-hybridized carbons (Fsp3) is 0.833. The van der Waals surface area contributed by atoms with Crippen LogP contribution in [0.15, 0.2) is 0 Å². The summed E-state index contributed by atoms with van der Waals surface area (Å²) in [4.78, 5) is 0. The lowest BCUT2D eigenvalue weighted by atomic mass is 10.4. The van der Waals surface area contributed by atoms with Crippen LogP contribution in [-0.2, 0) is 14.2 Å². The van der Waals surface area contributed by atoms with E-state index >= 15 is 0 Å². The Balaban J connectivity index is 2.25. The van der Waals surface area contributed by atoms with Gasteiger partial charge in [0.05, 0.1) is 13.2 Å². The third kappa shape index (κ3) is 1.68. The summed E-state index contributed by atoms with van der Waals surface area (Å²) in [5, 5.41) is 7.26. The molecule has 1 atom stereocenters. The monoisotopic (exact) mass is 145 g/mol. The van der Waals surface area contributed by atoms with Crippen molar-refractivity contribution in [3.8, 4) is 0 Å². The fourth-order valence-corrected chi connectivity index (χ4v) is 0.733. The van der Waals surface area contributed by atoms with Gasteiger partial charge in [-0.3, -0.25) is 5.41 Å². The molecule has 58 valence electrons. The van der Waals surface area contributed by atoms with Gasteiger partial charge in [0.15, 0.2) is 6.10 Å². The first-order valence-corrected chi connectivity index (χ1v) is 3.25. The van der Waals surface area contributed by atoms with Crippen molar-refractivity contribution < 1.29 is 14.2 Å². The van der Waals surface area contributed by atoms with E-state index in [4.69, 9.17) is 19.6 Å². The average Bonchev–Trinajstić information content (AvgIpc) is 2.38. The molecule has 0 bridgehead atoms. The molecule has 0 radical (unpaired) electrons. The molecule has 0 spiro atoms. The van der Waals surface area contributed by atoms with Gasteiger partial charge < -0.3 is 14.2 Å². The van der Waals surface area contributed by atoms with Gasteiger partial charge in [0.2, 0.25) is 5.90 Å². The van der Waals surface area contributed by atoms with Crippen molar-refractivity contribution >= 4 is 5.90 Å². The first kappa shape index (κ1) is 7.50. The molecule has 10 heavy (non-hydrogen) atoms. The third-order valence-corrected chi connectivity index (χ3v) is 1.21. The van der Waals surface area contributed by atoms with E-state index < -0.39 is 0 Å². The number of nitrogens with one attached hydrogen (secondary N) is 1. The zero-order valence-electron chi connectivity index (χ0n) is 5.92. The van der Waals surface area contributed by atoms with Crippen molar-refractivity contribution in [2.24, 2.45) is 0 Å². The van der Waals surface area contributed by atoms with Crippen LogP contribution in [0.4, 0.5) is 0 Å². The minimum Gasteiger partial charge on any atom is -0.479 e. The van der Waals surface area contributed by atoms with Gasteiger partial charge in [-0.15, -0.1) is 0 Å². The molecule has 0 aromatic carbocycles. The Hall–Kier alpha value is -0.610. The Bertz CT molecular complexity index is 120. The Morgan fingerprint density at radius 3 is 3.10 bits per heavy atom. The summed E-state index contributed by atoms with van der Waals surface area (Å²) >= 11 is 0. The largest absolute Gasteiger partial charge is 0.479 e. The van der Waals surface area contributed by atoms with Gasteiger partial charge in [0, 0.05) is 0 Å². The molecule has 0 aliphatic carbocycles. The van der Waals surface area contributed by atoms with E-state index in [-0.39, 0.29) is 18.8 Å². The minimum absolute atomic E-state index is 0.167. The summed E-state index contributed by atoms with van der Waals surface area (Å²) in [6.45, 7) is 3.07. The van der Waals surface area contributed by atoms with Crippen molar-refractivity contribution in [3.63, 3.8) is 0 Å². The van der Waals surface area contributed by atoms with E-state index in [1.807, 2.05) is 6.92 Å². The zero-order valence-corrected chi connectivity index (χ0v) is 5.92. The molecular weight excluding hydrogens is 134 g/mol. The van der Waals surface area contributed by atoms with Crippen molar-refractivity contribution in [3.05, 3.63) is 0 Å². The highest BCUT2D eigenvalue weighted by atomic mass is 16.7. The first-order chi connectivity index (χ1) is 4.84. The summed E-state index contributed by atoms with van der Waals surface area (Å²) in [5.74, 6) is 0.167. The smallest absolute Gasteiger partial charge is 0.213 e. The van der Waals surface area contributed by atoms with E-state index in [1.165, 1.54) is 0 Å². The van der Waals surface area contributed by atoms with Crippen LogP contribution >= 0.6 is 0 Å². The molecule has 1 N–H and O–H groups in total. The lowest BCUT2D eigenvalue weighted by molar-refractivity contribution is 0.0554. The summed E-state index contributed by atoms with van der Waals surface area (Å²) in [7, 11) is 0. The molecular formula is C6H11NO3. The van der Waals surface area contributed by atoms with Gasteiger partial charge in [-0.05, 0) is 6.92 Å². The number of hydrogen-bond donors (Lipinski definition) is 1. The SMILES string of the molecule is CCOC(=N)C1COCO1. The lowest BCUT2D eigenvalue weighted by Gasteiger charge is -2.08. The van der Waals surface area contributed by atoms with E-state index in [2.05, 4.69) is 0 Å². The second-order valence-corrected chi connectivity index (χ2v) is 1.94. The molecule has 1 heterocycles. The Morgan fingerprint density at radius 1 is 1.80 bits per heavy atom. The molecule has 1 fully saturated rings. The van der Waals surface area contributed by atoms with E-state index in [0.717, 1.165) is 0 Å². The van der Waals surface area contributed by atoms with Crippen molar-refractivity contribution in [2.45, 2.75) is 13.0 Å². The molecule has 0 saturated carbocycles. The number of hydrogen-bond acceptors (Lipinski definition) is 4. The van der Waals surface area contributed by atoms with E-state index in [1.54, 1.807) is 0 Å². The fourth-order valence-electron chi connectivity index (χ4n) is 0.733. The van der Waals surface area contributed by atoms with Crippen molar-refractivity contribution in [2.75, 3.05) is 20.0 Å². The molecule has 1 unspecified atom stereocenters. The van der Waals surface area contributed by atoms with Crippen LogP contribution in [0.3, 0.4) is 0 Å². The topological polar surface area (TPSA) is 51.5 Å². The normalized spacial score (nSPS) is 24.7. The van der Waals surface area contributed by atoms with E-state index in [9.17, 15) is 0 Å². The average molecular weight is 145 g/mol. The second kappa shape index (κ2) is 3.53.